The van der Waals surface area contributed by atoms with Crippen LogP contribution in [0.25, 0.3) is 0 Å². The second-order valence-electron chi connectivity index (χ2n) is 9.16. The molecule has 8 nitrogen and oxygen atoms in total. The predicted molar refractivity (Wildman–Crippen MR) is 143 cm³/mol. The van der Waals surface area contributed by atoms with Gasteiger partial charge in [0.1, 0.15) is 11.5 Å². The number of benzene rings is 2. The van der Waals surface area contributed by atoms with Gasteiger partial charge < -0.3 is 29.9 Å². The smallest absolute Gasteiger partial charge is 0.872 e. The Balaban J connectivity index is 0.000000722. The summed E-state index contributed by atoms with van der Waals surface area (Å²) in [5.41, 5.74) is -0.432. The minimum Gasteiger partial charge on any atom is -0.872 e. The number of carboxylic acids is 2. The van der Waals surface area contributed by atoms with E-state index in [1.165, 1.54) is 87.8 Å². The molecule has 0 amide bonds. The van der Waals surface area contributed by atoms with Crippen molar-refractivity contribution in [3.8, 4) is 23.0 Å². The van der Waals surface area contributed by atoms with E-state index in [1.54, 1.807) is 0 Å². The van der Waals surface area contributed by atoms with Gasteiger partial charge in [0.2, 0.25) is 0 Å². The summed E-state index contributed by atoms with van der Waals surface area (Å²) in [6.45, 7) is 5.50. The molecule has 0 bridgehead atoms. The zero-order valence-electron chi connectivity index (χ0n) is 23.4. The van der Waals surface area contributed by atoms with Crippen molar-refractivity contribution in [1.29, 1.82) is 0 Å². The van der Waals surface area contributed by atoms with Gasteiger partial charge in [-0.05, 0) is 49.2 Å². The number of carboxylic acid groups (broad SMARTS) is 2. The van der Waals surface area contributed by atoms with E-state index in [0.717, 1.165) is 25.7 Å². The van der Waals surface area contributed by atoms with Crippen molar-refractivity contribution in [2.45, 2.75) is 90.9 Å². The summed E-state index contributed by atoms with van der Waals surface area (Å²) >= 11 is 0. The molecule has 0 atom stereocenters. The summed E-state index contributed by atoms with van der Waals surface area (Å²) in [5.74, 6) is -2.52. The maximum Gasteiger partial charge on any atom is 2.00 e. The molecule has 0 spiro atoms. The van der Waals surface area contributed by atoms with E-state index >= 15 is 0 Å². The van der Waals surface area contributed by atoms with Crippen LogP contribution in [0.5, 0.6) is 23.0 Å². The van der Waals surface area contributed by atoms with Gasteiger partial charge in [0, 0.05) is 0 Å². The number of ether oxygens (including phenoxy) is 2. The van der Waals surface area contributed by atoms with Crippen LogP contribution in [0.4, 0.5) is 0 Å². The van der Waals surface area contributed by atoms with Crippen LogP contribution in [0.2, 0.25) is 0 Å². The number of hydrogen-bond donors (Lipinski definition) is 2. The minimum atomic E-state index is -1.20. The van der Waals surface area contributed by atoms with Crippen LogP contribution in [0.15, 0.2) is 36.4 Å². The fourth-order valence-corrected chi connectivity index (χ4v) is 3.68. The van der Waals surface area contributed by atoms with E-state index in [-0.39, 0.29) is 30.6 Å². The van der Waals surface area contributed by atoms with E-state index in [4.69, 9.17) is 19.7 Å². The molecule has 0 aliphatic rings. The molecular weight excluding hydrogens is 554 g/mol. The van der Waals surface area contributed by atoms with Gasteiger partial charge in [-0.25, -0.2) is 9.59 Å². The van der Waals surface area contributed by atoms with Crippen molar-refractivity contribution in [1.82, 2.24) is 0 Å². The average molecular weight is 596 g/mol. The summed E-state index contributed by atoms with van der Waals surface area (Å²) < 4.78 is 10.9. The average Bonchev–Trinajstić information content (AvgIpc) is 2.87. The molecule has 0 saturated heterocycles. The maximum absolute atomic E-state index is 11.4. The number of rotatable bonds is 18. The van der Waals surface area contributed by atoms with Gasteiger partial charge in [-0.1, -0.05) is 89.6 Å². The van der Waals surface area contributed by atoms with E-state index in [0.29, 0.717) is 24.7 Å². The SMILES string of the molecule is CCCCCCCCOc1ccc(C(=O)O)c([O-])c1.CCCCCCCCOc1ccc(C(=O)O)c([O-])c1.[Zn+2]. The van der Waals surface area contributed by atoms with Gasteiger partial charge in [-0.3, -0.25) is 0 Å². The molecule has 0 radical (unpaired) electrons. The second kappa shape index (κ2) is 22.1. The van der Waals surface area contributed by atoms with Crippen LogP contribution in [-0.4, -0.2) is 35.4 Å². The molecule has 0 aromatic heterocycles. The van der Waals surface area contributed by atoms with Crippen LogP contribution in [-0.2, 0) is 19.5 Å². The topological polar surface area (TPSA) is 139 Å². The Bertz CT molecular complexity index is 886. The molecule has 0 unspecified atom stereocenters. The Hall–Kier alpha value is -2.80. The van der Waals surface area contributed by atoms with Crippen molar-refractivity contribution >= 4 is 11.9 Å². The number of carbonyl (C=O) groups is 2. The van der Waals surface area contributed by atoms with Gasteiger partial charge >= 0.3 is 31.4 Å². The minimum absolute atomic E-state index is 0. The number of aromatic carboxylic acids is 2. The number of hydrogen-bond acceptors (Lipinski definition) is 6. The van der Waals surface area contributed by atoms with E-state index in [2.05, 4.69) is 13.8 Å². The molecule has 2 aromatic carbocycles. The molecule has 2 rings (SSSR count). The zero-order valence-corrected chi connectivity index (χ0v) is 26.4. The molecule has 0 aliphatic heterocycles. The molecular formula is C30H42O8Zn. The fourth-order valence-electron chi connectivity index (χ4n) is 3.68. The largest absolute Gasteiger partial charge is 2.00 e. The van der Waals surface area contributed by atoms with Crippen molar-refractivity contribution < 1.29 is 59.0 Å². The Labute approximate surface area is 245 Å². The second-order valence-corrected chi connectivity index (χ2v) is 9.16. The van der Waals surface area contributed by atoms with E-state index in [1.807, 2.05) is 0 Å². The quantitative estimate of drug-likeness (QED) is 0.149. The Kier molecular flexibility index (Phi) is 20.5. The summed E-state index contributed by atoms with van der Waals surface area (Å²) in [4.78, 5) is 21.4. The van der Waals surface area contributed by atoms with Crippen LogP contribution in [0.3, 0.4) is 0 Å². The monoisotopic (exact) mass is 594 g/mol. The molecule has 212 valence electrons. The van der Waals surface area contributed by atoms with E-state index < -0.39 is 23.4 Å². The number of unbranched alkanes of at least 4 members (excludes halogenated alkanes) is 10. The molecule has 9 heteroatoms. The Morgan fingerprint density at radius 2 is 0.949 bits per heavy atom. The van der Waals surface area contributed by atoms with Crippen LogP contribution < -0.4 is 19.7 Å². The Morgan fingerprint density at radius 1 is 0.615 bits per heavy atom. The molecule has 0 fully saturated rings. The molecule has 39 heavy (non-hydrogen) atoms. The zero-order chi connectivity index (χ0) is 28.2. The first-order valence-corrected chi connectivity index (χ1v) is 13.6. The van der Waals surface area contributed by atoms with E-state index in [9.17, 15) is 19.8 Å². The standard InChI is InChI=1S/2C15H22O4.Zn/c2*1-2-3-4-5-6-7-10-19-12-8-9-13(15(17)18)14(16)11-12;/h2*8-9,11,16H,2-7,10H2,1H3,(H,17,18);/q;;+2/p-2. The third-order valence-corrected chi connectivity index (χ3v) is 5.90. The molecule has 0 heterocycles. The fraction of sp³-hybridized carbons (Fsp3) is 0.533. The van der Waals surface area contributed by atoms with Gasteiger partial charge in [-0.15, -0.1) is 0 Å². The Morgan fingerprint density at radius 3 is 1.26 bits per heavy atom. The summed E-state index contributed by atoms with van der Waals surface area (Å²) in [6, 6.07) is 8.12. The van der Waals surface area contributed by atoms with Crippen LogP contribution >= 0.6 is 0 Å². The van der Waals surface area contributed by atoms with Crippen molar-refractivity contribution in [2.75, 3.05) is 13.2 Å². The first-order chi connectivity index (χ1) is 18.3. The summed E-state index contributed by atoms with van der Waals surface area (Å²) in [7, 11) is 0. The van der Waals surface area contributed by atoms with Crippen LogP contribution in [0.1, 0.15) is 112 Å². The van der Waals surface area contributed by atoms with Gasteiger partial charge in [0.15, 0.2) is 0 Å². The first kappa shape index (κ1) is 36.2. The third kappa shape index (κ3) is 16.0. The van der Waals surface area contributed by atoms with Gasteiger partial charge in [0.25, 0.3) is 0 Å². The molecule has 0 saturated carbocycles. The van der Waals surface area contributed by atoms with Crippen LogP contribution in [0, 0.1) is 0 Å². The van der Waals surface area contributed by atoms with Crippen molar-refractivity contribution in [3.05, 3.63) is 47.5 Å². The first-order valence-electron chi connectivity index (χ1n) is 13.6. The summed E-state index contributed by atoms with van der Waals surface area (Å²) in [6.07, 6.45) is 14.1. The maximum atomic E-state index is 11.4. The van der Waals surface area contributed by atoms with Gasteiger partial charge in [-0.2, -0.15) is 0 Å². The third-order valence-electron chi connectivity index (χ3n) is 5.90. The normalized spacial score (nSPS) is 10.1. The predicted octanol–water partition coefficient (Wildman–Crippen LogP) is 6.39. The van der Waals surface area contributed by atoms with Gasteiger partial charge in [0.05, 0.1) is 24.3 Å². The summed E-state index contributed by atoms with van der Waals surface area (Å²) in [5, 5.41) is 40.3. The van der Waals surface area contributed by atoms with Crippen molar-refractivity contribution in [3.63, 3.8) is 0 Å². The van der Waals surface area contributed by atoms with Crippen molar-refractivity contribution in [2.24, 2.45) is 0 Å². The molecule has 2 aromatic rings. The molecule has 2 N–H and O–H groups in total. The molecule has 0 aliphatic carbocycles.